The second-order valence-corrected chi connectivity index (χ2v) is 7.44. The van der Waals surface area contributed by atoms with Gasteiger partial charge in [-0.25, -0.2) is 9.97 Å². The van der Waals surface area contributed by atoms with Crippen LogP contribution in [0.5, 0.6) is 11.5 Å². The summed E-state index contributed by atoms with van der Waals surface area (Å²) in [6.45, 7) is 0. The minimum absolute atomic E-state index is 0.668. The third-order valence-corrected chi connectivity index (χ3v) is 5.52. The molecule has 0 bridgehead atoms. The van der Waals surface area contributed by atoms with E-state index in [4.69, 9.17) is 19.4 Å². The van der Waals surface area contributed by atoms with E-state index in [1.807, 2.05) is 24.3 Å². The van der Waals surface area contributed by atoms with Crippen molar-refractivity contribution >= 4 is 79.2 Å². The number of hydrogen-bond donors (Lipinski definition) is 2. The van der Waals surface area contributed by atoms with E-state index in [1.165, 1.54) is 0 Å². The van der Waals surface area contributed by atoms with Crippen molar-refractivity contribution in [3.8, 4) is 11.5 Å². The van der Waals surface area contributed by atoms with Crippen LogP contribution in [0.2, 0.25) is 0 Å². The van der Waals surface area contributed by atoms with Crippen LogP contribution in [0.1, 0.15) is 0 Å². The monoisotopic (exact) mass is 546 g/mol. The van der Waals surface area contributed by atoms with Crippen LogP contribution >= 0.6 is 45.2 Å². The molecule has 2 aromatic carbocycles. The van der Waals surface area contributed by atoms with E-state index in [0.29, 0.717) is 23.1 Å². The Morgan fingerprint density at radius 1 is 0.750 bits per heavy atom. The highest BCUT2D eigenvalue weighted by atomic mass is 127. The van der Waals surface area contributed by atoms with Crippen LogP contribution in [0.25, 0.3) is 11.0 Å². The minimum Gasteiger partial charge on any atom is -0.494 e. The quantitative estimate of drug-likeness (QED) is 0.357. The summed E-state index contributed by atoms with van der Waals surface area (Å²) in [4.78, 5) is 9.52. The number of hydrogen-bond acceptors (Lipinski definition) is 6. The van der Waals surface area contributed by atoms with Gasteiger partial charge in [-0.1, -0.05) is 0 Å². The summed E-state index contributed by atoms with van der Waals surface area (Å²) >= 11 is 4.55. The second-order valence-electron chi connectivity index (χ2n) is 5.12. The van der Waals surface area contributed by atoms with E-state index < -0.39 is 0 Å². The summed E-state index contributed by atoms with van der Waals surface area (Å²) in [7, 11) is 3.27. The molecule has 8 heteroatoms. The maximum Gasteiger partial charge on any atom is 0.174 e. The standard InChI is InChI=1S/C16H12I2N4O2/c1-23-9-5-6-10(24-2)14-13(9)21-15-16(22-14)20-12-8(18)4-3-7(17)11(12)19-15/h3-6H,1-2H3,(H,19,21)(H,20,22). The molecule has 0 radical (unpaired) electrons. The van der Waals surface area contributed by atoms with Crippen LogP contribution < -0.4 is 20.1 Å². The fourth-order valence-corrected chi connectivity index (χ4v) is 3.75. The Morgan fingerprint density at radius 2 is 1.17 bits per heavy atom. The number of anilines is 4. The molecule has 0 fully saturated rings. The van der Waals surface area contributed by atoms with Crippen molar-refractivity contribution in [2.45, 2.75) is 0 Å². The Balaban J connectivity index is 1.94. The molecule has 24 heavy (non-hydrogen) atoms. The van der Waals surface area contributed by atoms with E-state index in [-0.39, 0.29) is 0 Å². The molecule has 2 heterocycles. The molecule has 2 N–H and O–H groups in total. The first-order chi connectivity index (χ1) is 11.6. The van der Waals surface area contributed by atoms with E-state index in [2.05, 4.69) is 55.8 Å². The maximum atomic E-state index is 5.45. The first kappa shape index (κ1) is 15.9. The Morgan fingerprint density at radius 3 is 1.54 bits per heavy atom. The summed E-state index contributed by atoms with van der Waals surface area (Å²) in [5.74, 6) is 2.76. The molecule has 1 aliphatic rings. The molecule has 0 unspecified atom stereocenters. The lowest BCUT2D eigenvalue weighted by Crippen LogP contribution is -2.12. The van der Waals surface area contributed by atoms with E-state index in [0.717, 1.165) is 29.5 Å². The predicted molar refractivity (Wildman–Crippen MR) is 111 cm³/mol. The highest BCUT2D eigenvalue weighted by Crippen LogP contribution is 2.47. The van der Waals surface area contributed by atoms with Crippen LogP contribution in [0.4, 0.5) is 23.0 Å². The molecule has 4 rings (SSSR count). The number of halogens is 2. The highest BCUT2D eigenvalue weighted by molar-refractivity contribution is 14.1. The predicted octanol–water partition coefficient (Wildman–Crippen LogP) is 4.66. The number of fused-ring (bicyclic) bond motifs is 3. The number of methoxy groups -OCH3 is 2. The molecule has 3 aromatic rings. The molecule has 0 saturated carbocycles. The van der Waals surface area contributed by atoms with E-state index >= 15 is 0 Å². The van der Waals surface area contributed by atoms with Crippen molar-refractivity contribution in [3.63, 3.8) is 0 Å². The van der Waals surface area contributed by atoms with Gasteiger partial charge in [0.05, 0.1) is 14.2 Å². The summed E-state index contributed by atoms with van der Waals surface area (Å²) in [6, 6.07) is 7.80. The zero-order chi connectivity index (χ0) is 16.8. The van der Waals surface area contributed by atoms with Gasteiger partial charge in [0.15, 0.2) is 11.6 Å². The third-order valence-electron chi connectivity index (χ3n) is 3.78. The van der Waals surface area contributed by atoms with Gasteiger partial charge in [-0.05, 0) is 69.4 Å². The van der Waals surface area contributed by atoms with Crippen LogP contribution in [-0.4, -0.2) is 24.2 Å². The largest absolute Gasteiger partial charge is 0.494 e. The van der Waals surface area contributed by atoms with Gasteiger partial charge < -0.3 is 20.1 Å². The first-order valence-electron chi connectivity index (χ1n) is 7.07. The SMILES string of the molecule is COc1ccc(OC)c2c1Nc1nc3c(I)ccc(I)c3nc1N2. The van der Waals surface area contributed by atoms with Crippen LogP contribution in [-0.2, 0) is 0 Å². The fourth-order valence-electron chi connectivity index (χ4n) is 2.64. The zero-order valence-corrected chi connectivity index (χ0v) is 17.1. The lowest BCUT2D eigenvalue weighted by atomic mass is 10.2. The van der Waals surface area contributed by atoms with Gasteiger partial charge in [0, 0.05) is 7.14 Å². The summed E-state index contributed by atoms with van der Waals surface area (Å²) in [6.07, 6.45) is 0. The Hall–Kier alpha value is -1.56. The average Bonchev–Trinajstić information content (AvgIpc) is 2.61. The van der Waals surface area contributed by atoms with Crippen molar-refractivity contribution in [3.05, 3.63) is 31.4 Å². The molecule has 1 aliphatic heterocycles. The number of rotatable bonds is 2. The van der Waals surface area contributed by atoms with Crippen molar-refractivity contribution in [2.75, 3.05) is 24.9 Å². The number of aromatic nitrogens is 2. The topological polar surface area (TPSA) is 68.3 Å². The Kier molecular flexibility index (Phi) is 4.03. The molecule has 0 saturated heterocycles. The van der Waals surface area contributed by atoms with Gasteiger partial charge in [0.1, 0.15) is 33.9 Å². The van der Waals surface area contributed by atoms with Crippen LogP contribution in [0.15, 0.2) is 24.3 Å². The van der Waals surface area contributed by atoms with Gasteiger partial charge in [-0.2, -0.15) is 0 Å². The molecule has 0 spiro atoms. The summed E-state index contributed by atoms with van der Waals surface area (Å²) in [5, 5.41) is 6.65. The lowest BCUT2D eigenvalue weighted by molar-refractivity contribution is 0.406. The van der Waals surface area contributed by atoms with Crippen LogP contribution in [0.3, 0.4) is 0 Å². The Bertz CT molecular complexity index is 901. The van der Waals surface area contributed by atoms with E-state index in [1.54, 1.807) is 14.2 Å². The van der Waals surface area contributed by atoms with Crippen molar-refractivity contribution in [1.82, 2.24) is 9.97 Å². The molecular formula is C16H12I2N4O2. The molecule has 6 nitrogen and oxygen atoms in total. The maximum absolute atomic E-state index is 5.45. The highest BCUT2D eigenvalue weighted by Gasteiger charge is 2.25. The zero-order valence-electron chi connectivity index (χ0n) is 12.8. The number of benzene rings is 2. The number of nitrogens with zero attached hydrogens (tertiary/aromatic N) is 2. The number of ether oxygens (including phenoxy) is 2. The number of nitrogens with one attached hydrogen (secondary N) is 2. The minimum atomic E-state index is 0.668. The van der Waals surface area contributed by atoms with Crippen LogP contribution in [0, 0.1) is 7.14 Å². The van der Waals surface area contributed by atoms with Gasteiger partial charge in [0.2, 0.25) is 0 Å². The van der Waals surface area contributed by atoms with Gasteiger partial charge in [-0.15, -0.1) is 0 Å². The average molecular weight is 546 g/mol. The van der Waals surface area contributed by atoms with Crippen molar-refractivity contribution in [2.24, 2.45) is 0 Å². The van der Waals surface area contributed by atoms with Gasteiger partial charge >= 0.3 is 0 Å². The van der Waals surface area contributed by atoms with Gasteiger partial charge in [-0.3, -0.25) is 0 Å². The first-order valence-corrected chi connectivity index (χ1v) is 9.23. The molecule has 0 atom stereocenters. The second kappa shape index (κ2) is 6.06. The van der Waals surface area contributed by atoms with Crippen molar-refractivity contribution < 1.29 is 9.47 Å². The summed E-state index contributed by atoms with van der Waals surface area (Å²) < 4.78 is 13.0. The summed E-state index contributed by atoms with van der Waals surface area (Å²) in [5.41, 5.74) is 3.33. The van der Waals surface area contributed by atoms with E-state index in [9.17, 15) is 0 Å². The molecule has 122 valence electrons. The normalized spacial score (nSPS) is 12.0. The fraction of sp³-hybridized carbons (Fsp3) is 0.125. The van der Waals surface area contributed by atoms with Crippen molar-refractivity contribution in [1.29, 1.82) is 0 Å². The smallest absolute Gasteiger partial charge is 0.174 e. The van der Waals surface area contributed by atoms with Gasteiger partial charge in [0.25, 0.3) is 0 Å². The molecule has 1 aromatic heterocycles. The molecule has 0 amide bonds. The molecular weight excluding hydrogens is 534 g/mol. The molecule has 0 aliphatic carbocycles. The lowest BCUT2D eigenvalue weighted by Gasteiger charge is -2.25. The Labute approximate surface area is 165 Å². The third kappa shape index (κ3) is 2.42.